The number of carbonyl (C=O) groups excluding carboxylic acids is 3. The number of nitrogens with zero attached hydrogens (tertiary/aromatic N) is 1. The van der Waals surface area contributed by atoms with Gasteiger partial charge in [0.1, 0.15) is 6.04 Å². The number of rotatable bonds is 6. The van der Waals surface area contributed by atoms with Gasteiger partial charge in [-0.3, -0.25) is 14.4 Å². The number of fused-ring (bicyclic) bond motifs is 1. The summed E-state index contributed by atoms with van der Waals surface area (Å²) in [6.07, 6.45) is 0.790. The number of aliphatic hydroxyl groups excluding tert-OH is 1. The molecule has 0 aliphatic carbocycles. The monoisotopic (exact) mass is 473 g/mol. The maximum Gasteiger partial charge on any atom is 0.244 e. The van der Waals surface area contributed by atoms with Crippen LogP contribution in [0.3, 0.4) is 0 Å². The van der Waals surface area contributed by atoms with E-state index in [0.29, 0.717) is 6.54 Å². The van der Waals surface area contributed by atoms with E-state index in [1.165, 1.54) is 0 Å². The molecule has 1 aromatic rings. The average molecular weight is 474 g/mol. The Morgan fingerprint density at radius 2 is 1.91 bits per heavy atom. The molecule has 180 valence electrons. The molecule has 2 bridgehead atoms. The Morgan fingerprint density at radius 1 is 1.24 bits per heavy atom. The molecule has 0 aromatic heterocycles. The lowest BCUT2D eigenvalue weighted by Crippen LogP contribution is -2.60. The van der Waals surface area contributed by atoms with Crippen LogP contribution < -0.4 is 10.6 Å². The van der Waals surface area contributed by atoms with E-state index in [1.807, 2.05) is 51.1 Å². The van der Waals surface area contributed by atoms with Crippen molar-refractivity contribution < 1.29 is 19.5 Å². The number of amides is 3. The summed E-state index contributed by atoms with van der Waals surface area (Å²) >= 11 is 1.65. The van der Waals surface area contributed by atoms with E-state index in [0.717, 1.165) is 12.0 Å². The molecular formula is C25H35N3O4S. The predicted octanol–water partition coefficient (Wildman–Crippen LogP) is 1.94. The van der Waals surface area contributed by atoms with E-state index in [9.17, 15) is 19.5 Å². The third kappa shape index (κ3) is 3.95. The lowest BCUT2D eigenvalue weighted by molar-refractivity contribution is -0.142. The van der Waals surface area contributed by atoms with Crippen molar-refractivity contribution >= 4 is 29.5 Å². The Hall–Kier alpha value is -2.06. The van der Waals surface area contributed by atoms with Crippen LogP contribution in [0.2, 0.25) is 0 Å². The fourth-order valence-corrected chi connectivity index (χ4v) is 8.37. The summed E-state index contributed by atoms with van der Waals surface area (Å²) in [7, 11) is 0. The molecule has 33 heavy (non-hydrogen) atoms. The number of carbonyl (C=O) groups is 3. The third-order valence-corrected chi connectivity index (χ3v) is 9.36. The smallest absolute Gasteiger partial charge is 0.244 e. The van der Waals surface area contributed by atoms with Crippen LogP contribution in [0.15, 0.2) is 30.3 Å². The Labute approximate surface area is 200 Å². The predicted molar refractivity (Wildman–Crippen MR) is 128 cm³/mol. The SMILES string of the molecule is CC1C[C@H]2SC13C(C(=O)NC(C)(C)C)N([C@H](C)CO)C(=O)[C@@H]3[C@H]2C(=O)NCc1ccccc1. The summed E-state index contributed by atoms with van der Waals surface area (Å²) in [6, 6.07) is 8.48. The maximum atomic E-state index is 13.8. The summed E-state index contributed by atoms with van der Waals surface area (Å²) < 4.78 is -0.671. The zero-order chi connectivity index (χ0) is 24.1. The summed E-state index contributed by atoms with van der Waals surface area (Å²) in [5, 5.41) is 16.0. The molecule has 7 nitrogen and oxygen atoms in total. The first kappa shape index (κ1) is 24.1. The van der Waals surface area contributed by atoms with Gasteiger partial charge in [-0.2, -0.15) is 0 Å². The van der Waals surface area contributed by atoms with Crippen LogP contribution in [0, 0.1) is 17.8 Å². The van der Waals surface area contributed by atoms with E-state index in [-0.39, 0.29) is 35.5 Å². The summed E-state index contributed by atoms with van der Waals surface area (Å²) in [5.74, 6) is -1.47. The van der Waals surface area contributed by atoms with Crippen molar-refractivity contribution in [1.82, 2.24) is 15.5 Å². The van der Waals surface area contributed by atoms with Gasteiger partial charge in [-0.15, -0.1) is 11.8 Å². The zero-order valence-corrected chi connectivity index (χ0v) is 20.8. The molecule has 7 atom stereocenters. The Balaban J connectivity index is 1.67. The third-order valence-electron chi connectivity index (χ3n) is 7.28. The summed E-state index contributed by atoms with van der Waals surface area (Å²) in [4.78, 5) is 42.4. The van der Waals surface area contributed by atoms with Crippen molar-refractivity contribution in [3.05, 3.63) is 35.9 Å². The molecule has 4 rings (SSSR count). The van der Waals surface area contributed by atoms with Gasteiger partial charge in [0.2, 0.25) is 17.7 Å². The lowest BCUT2D eigenvalue weighted by Gasteiger charge is -2.40. The van der Waals surface area contributed by atoms with Crippen LogP contribution in [-0.2, 0) is 20.9 Å². The first-order valence-corrected chi connectivity index (χ1v) is 12.6. The molecule has 3 fully saturated rings. The van der Waals surface area contributed by atoms with Crippen molar-refractivity contribution in [2.45, 2.75) is 75.2 Å². The van der Waals surface area contributed by atoms with E-state index in [2.05, 4.69) is 17.6 Å². The fourth-order valence-electron chi connectivity index (χ4n) is 5.96. The molecular weight excluding hydrogens is 438 g/mol. The maximum absolute atomic E-state index is 13.8. The highest BCUT2D eigenvalue weighted by atomic mass is 32.2. The van der Waals surface area contributed by atoms with Crippen LogP contribution >= 0.6 is 11.8 Å². The normalized spacial score (nSPS) is 33.7. The minimum absolute atomic E-state index is 0.00115. The second-order valence-electron chi connectivity index (χ2n) is 10.8. The average Bonchev–Trinajstić information content (AvgIpc) is 3.34. The van der Waals surface area contributed by atoms with E-state index >= 15 is 0 Å². The molecule has 3 aliphatic rings. The first-order valence-electron chi connectivity index (χ1n) is 11.8. The van der Waals surface area contributed by atoms with Gasteiger partial charge >= 0.3 is 0 Å². The minimum Gasteiger partial charge on any atom is -0.394 e. The quantitative estimate of drug-likeness (QED) is 0.587. The largest absolute Gasteiger partial charge is 0.394 e. The number of benzene rings is 1. The molecule has 3 heterocycles. The van der Waals surface area contributed by atoms with Crippen molar-refractivity contribution in [3.8, 4) is 0 Å². The highest BCUT2D eigenvalue weighted by Crippen LogP contribution is 2.68. The van der Waals surface area contributed by atoms with Gasteiger partial charge in [-0.05, 0) is 45.6 Å². The fraction of sp³-hybridized carbons (Fsp3) is 0.640. The molecule has 8 heteroatoms. The number of nitrogens with one attached hydrogen (secondary N) is 2. The standard InChI is InChI=1S/C25H35N3O4S/c1-14-11-17-18(21(30)26-12-16-9-7-6-8-10-16)19-23(32)28(15(2)13-29)20(25(14,19)33-17)22(31)27-24(3,4)5/h6-10,14-15,17-20,29H,11-13H2,1-5H3,(H,26,30)(H,27,31)/t14?,15-,17-,18+,19+,20?,25?/m1/s1. The van der Waals surface area contributed by atoms with Gasteiger partial charge in [0.15, 0.2) is 0 Å². The molecule has 0 radical (unpaired) electrons. The van der Waals surface area contributed by atoms with Crippen LogP contribution in [-0.4, -0.2) is 62.0 Å². The highest BCUT2D eigenvalue weighted by molar-refractivity contribution is 8.02. The van der Waals surface area contributed by atoms with Gasteiger partial charge in [-0.25, -0.2) is 0 Å². The van der Waals surface area contributed by atoms with Crippen LogP contribution in [0.25, 0.3) is 0 Å². The van der Waals surface area contributed by atoms with Gasteiger partial charge in [0.25, 0.3) is 0 Å². The Kier molecular flexibility index (Phi) is 6.29. The van der Waals surface area contributed by atoms with Gasteiger partial charge in [0, 0.05) is 17.3 Å². The van der Waals surface area contributed by atoms with Gasteiger partial charge < -0.3 is 20.6 Å². The molecule has 3 N–H and O–H groups in total. The molecule has 3 unspecified atom stereocenters. The van der Waals surface area contributed by atoms with Crippen LogP contribution in [0.1, 0.15) is 46.6 Å². The Bertz CT molecular complexity index is 933. The number of aliphatic hydroxyl groups is 1. The highest BCUT2D eigenvalue weighted by Gasteiger charge is 2.76. The van der Waals surface area contributed by atoms with Gasteiger partial charge in [-0.1, -0.05) is 37.3 Å². The Morgan fingerprint density at radius 3 is 2.52 bits per heavy atom. The summed E-state index contributed by atoms with van der Waals surface area (Å²) in [6.45, 7) is 9.77. The van der Waals surface area contributed by atoms with Gasteiger partial charge in [0.05, 0.1) is 29.2 Å². The molecule has 3 amide bonds. The lowest BCUT2D eigenvalue weighted by atomic mass is 9.65. The zero-order valence-electron chi connectivity index (χ0n) is 20.0. The summed E-state index contributed by atoms with van der Waals surface area (Å²) in [5.41, 5.74) is 0.542. The van der Waals surface area contributed by atoms with E-state index in [1.54, 1.807) is 23.6 Å². The minimum atomic E-state index is -0.715. The number of hydrogen-bond acceptors (Lipinski definition) is 5. The molecule has 3 saturated heterocycles. The molecule has 1 spiro atoms. The second-order valence-corrected chi connectivity index (χ2v) is 12.3. The van der Waals surface area contributed by atoms with E-state index < -0.39 is 34.2 Å². The number of hydrogen-bond donors (Lipinski definition) is 3. The van der Waals surface area contributed by atoms with Crippen molar-refractivity contribution in [3.63, 3.8) is 0 Å². The van der Waals surface area contributed by atoms with Crippen molar-refractivity contribution in [2.75, 3.05) is 6.61 Å². The number of thioether (sulfide) groups is 1. The topological polar surface area (TPSA) is 98.7 Å². The molecule has 0 saturated carbocycles. The van der Waals surface area contributed by atoms with E-state index in [4.69, 9.17) is 0 Å². The van der Waals surface area contributed by atoms with Crippen LogP contribution in [0.5, 0.6) is 0 Å². The van der Waals surface area contributed by atoms with Crippen molar-refractivity contribution in [2.24, 2.45) is 17.8 Å². The first-order chi connectivity index (χ1) is 15.5. The molecule has 1 aromatic carbocycles. The second kappa shape index (κ2) is 8.62. The number of likely N-dealkylation sites (tertiary alicyclic amines) is 1. The van der Waals surface area contributed by atoms with Crippen molar-refractivity contribution in [1.29, 1.82) is 0 Å². The van der Waals surface area contributed by atoms with Crippen LogP contribution in [0.4, 0.5) is 0 Å². The molecule has 3 aliphatic heterocycles.